The van der Waals surface area contributed by atoms with Gasteiger partial charge in [-0.05, 0) is 63.3 Å². The Morgan fingerprint density at radius 3 is 1.91 bits per heavy atom. The van der Waals surface area contributed by atoms with Crippen LogP contribution in [0.2, 0.25) is 0 Å². The number of rotatable bonds is 10. The maximum Gasteiger partial charge on any atom is 0.407 e. The van der Waals surface area contributed by atoms with E-state index in [-0.39, 0.29) is 18.0 Å². The van der Waals surface area contributed by atoms with Crippen molar-refractivity contribution in [3.63, 3.8) is 0 Å². The van der Waals surface area contributed by atoms with Crippen molar-refractivity contribution in [3.05, 3.63) is 78.6 Å². The molecule has 0 bridgehead atoms. The Balaban J connectivity index is 1.02. The topological polar surface area (TPSA) is 208 Å². The van der Waals surface area contributed by atoms with Crippen molar-refractivity contribution in [2.45, 2.75) is 69.8 Å². The lowest BCUT2D eigenvalue weighted by atomic mass is 10.0. The van der Waals surface area contributed by atoms with E-state index in [2.05, 4.69) is 40.0 Å². The summed E-state index contributed by atoms with van der Waals surface area (Å²) in [6.07, 6.45) is 4.04. The first kappa shape index (κ1) is 38.0. The summed E-state index contributed by atoms with van der Waals surface area (Å²) in [6.45, 7) is 4.16. The van der Waals surface area contributed by atoms with Crippen LogP contribution in [0.25, 0.3) is 44.7 Å². The molecule has 2 aromatic carbocycles. The lowest BCUT2D eigenvalue weighted by Gasteiger charge is -2.29. The third-order valence-corrected chi connectivity index (χ3v) is 10.5. The average Bonchev–Trinajstić information content (AvgIpc) is 4.06. The summed E-state index contributed by atoms with van der Waals surface area (Å²) in [4.78, 5) is 74.4. The molecule has 4 amide bonds. The molecule has 0 aliphatic carbocycles. The molecule has 2 aliphatic heterocycles. The third kappa shape index (κ3) is 7.77. The van der Waals surface area contributed by atoms with Gasteiger partial charge in [0.2, 0.25) is 11.8 Å². The van der Waals surface area contributed by atoms with Gasteiger partial charge in [-0.3, -0.25) is 9.59 Å². The van der Waals surface area contributed by atoms with E-state index >= 15 is 0 Å². The molecule has 16 heteroatoms. The van der Waals surface area contributed by atoms with E-state index in [1.165, 1.54) is 21.1 Å². The van der Waals surface area contributed by atoms with Crippen molar-refractivity contribution in [1.82, 2.24) is 45.4 Å². The molecule has 292 valence electrons. The number of hydrogen-bond acceptors (Lipinski definition) is 10. The minimum Gasteiger partial charge on any atom is -0.453 e. The molecule has 56 heavy (non-hydrogen) atoms. The van der Waals surface area contributed by atoms with Crippen molar-refractivity contribution in [1.29, 1.82) is 0 Å². The van der Waals surface area contributed by atoms with E-state index in [0.29, 0.717) is 31.2 Å². The average molecular weight is 764 g/mol. The van der Waals surface area contributed by atoms with Crippen molar-refractivity contribution in [2.24, 2.45) is 0 Å². The molecule has 3 aromatic heterocycles. The van der Waals surface area contributed by atoms with Gasteiger partial charge in [0.25, 0.3) is 0 Å². The first-order valence-corrected chi connectivity index (χ1v) is 18.6. The normalized spacial score (nSPS) is 18.4. The zero-order valence-corrected chi connectivity index (χ0v) is 31.6. The van der Waals surface area contributed by atoms with Gasteiger partial charge in [0.15, 0.2) is 0 Å². The van der Waals surface area contributed by atoms with Gasteiger partial charge in [-0.2, -0.15) is 0 Å². The Morgan fingerprint density at radius 1 is 0.750 bits per heavy atom. The largest absolute Gasteiger partial charge is 0.453 e. The van der Waals surface area contributed by atoms with Gasteiger partial charge in [0.1, 0.15) is 23.7 Å². The Kier molecular flexibility index (Phi) is 11.0. The van der Waals surface area contributed by atoms with Crippen molar-refractivity contribution in [3.8, 4) is 33.8 Å². The Labute approximate surface area is 323 Å². The molecule has 5 aromatic rings. The highest BCUT2D eigenvalue weighted by Crippen LogP contribution is 2.35. The SMILES string of the molecule is COC(=O)N[C@H](C(=O)N1CCC[C@H]1c1ncc(-c2ccc3nc(-c4ccc(-c5cnc([C@@H]6CCCN6C(=O)[C@@H](C)NC(=O)OC)[nH]5)cc4)ccc3c2)[nH]1)[C@@H](C)O. The summed E-state index contributed by atoms with van der Waals surface area (Å²) in [5.41, 5.74) is 6.08. The second kappa shape index (κ2) is 16.2. The molecule has 16 nitrogen and oxygen atoms in total. The van der Waals surface area contributed by atoms with Gasteiger partial charge in [0, 0.05) is 29.6 Å². The van der Waals surface area contributed by atoms with E-state index < -0.39 is 36.3 Å². The number of aliphatic hydroxyl groups excluding tert-OH is 1. The monoisotopic (exact) mass is 763 g/mol. The predicted molar refractivity (Wildman–Crippen MR) is 206 cm³/mol. The number of nitrogens with one attached hydrogen (secondary N) is 4. The first-order valence-electron chi connectivity index (χ1n) is 18.6. The van der Waals surface area contributed by atoms with Crippen molar-refractivity contribution >= 4 is 34.9 Å². The number of aromatic nitrogens is 5. The van der Waals surface area contributed by atoms with Crippen LogP contribution in [0, 0.1) is 0 Å². The number of aliphatic hydroxyl groups is 1. The van der Waals surface area contributed by atoms with Gasteiger partial charge < -0.3 is 45.0 Å². The lowest BCUT2D eigenvalue weighted by Crippen LogP contribution is -2.53. The van der Waals surface area contributed by atoms with E-state index in [1.807, 2.05) is 54.6 Å². The number of hydrogen-bond donors (Lipinski definition) is 5. The maximum absolute atomic E-state index is 13.4. The number of pyridine rings is 1. The number of amides is 4. The number of fused-ring (bicyclic) bond motifs is 1. The molecule has 5 atom stereocenters. The van der Waals surface area contributed by atoms with Crippen LogP contribution in [0.5, 0.6) is 0 Å². The predicted octanol–water partition coefficient (Wildman–Crippen LogP) is 4.86. The second-order valence-electron chi connectivity index (χ2n) is 14.1. The molecule has 2 saturated heterocycles. The highest BCUT2D eigenvalue weighted by atomic mass is 16.5. The van der Waals surface area contributed by atoms with Gasteiger partial charge in [-0.1, -0.05) is 36.4 Å². The molecule has 7 rings (SSSR count). The third-order valence-electron chi connectivity index (χ3n) is 10.5. The summed E-state index contributed by atoms with van der Waals surface area (Å²) in [7, 11) is 2.47. The molecular formula is C40H45N9O7. The highest BCUT2D eigenvalue weighted by molar-refractivity contribution is 5.88. The van der Waals surface area contributed by atoms with Crippen molar-refractivity contribution < 1.29 is 33.8 Å². The lowest BCUT2D eigenvalue weighted by molar-refractivity contribution is -0.137. The van der Waals surface area contributed by atoms with Crippen LogP contribution in [0.3, 0.4) is 0 Å². The fraction of sp³-hybridized carbons (Fsp3) is 0.375. The number of imidazole rings is 2. The Hall–Kier alpha value is -6.29. The summed E-state index contributed by atoms with van der Waals surface area (Å²) < 4.78 is 9.29. The molecule has 0 unspecified atom stereocenters. The number of aromatic amines is 2. The number of carbonyl (C=O) groups excluding carboxylic acids is 4. The number of methoxy groups -OCH3 is 2. The van der Waals surface area contributed by atoms with E-state index in [1.54, 1.807) is 29.1 Å². The number of alkyl carbamates (subject to hydrolysis) is 2. The van der Waals surface area contributed by atoms with E-state index in [9.17, 15) is 24.3 Å². The number of benzene rings is 2. The van der Waals surface area contributed by atoms with E-state index in [0.717, 1.165) is 63.9 Å². The van der Waals surface area contributed by atoms with Crippen LogP contribution in [0.4, 0.5) is 9.59 Å². The number of carbonyl (C=O) groups is 4. The number of nitrogens with zero attached hydrogens (tertiary/aromatic N) is 5. The molecule has 5 heterocycles. The highest BCUT2D eigenvalue weighted by Gasteiger charge is 2.38. The van der Waals surface area contributed by atoms with Gasteiger partial charge >= 0.3 is 12.2 Å². The summed E-state index contributed by atoms with van der Waals surface area (Å²) in [5.74, 6) is 0.754. The van der Waals surface area contributed by atoms with E-state index in [4.69, 9.17) is 4.98 Å². The molecule has 0 saturated carbocycles. The van der Waals surface area contributed by atoms with Crippen molar-refractivity contribution in [2.75, 3.05) is 27.3 Å². The fourth-order valence-corrected chi connectivity index (χ4v) is 7.51. The molecular weight excluding hydrogens is 718 g/mol. The number of ether oxygens (including phenoxy) is 2. The number of likely N-dealkylation sites (tertiary alicyclic amines) is 2. The van der Waals surface area contributed by atoms with Gasteiger partial charge in [-0.25, -0.2) is 24.5 Å². The quantitative estimate of drug-likeness (QED) is 0.131. The molecule has 5 N–H and O–H groups in total. The van der Waals surface area contributed by atoms with Crippen LogP contribution in [-0.4, -0.2) is 109 Å². The van der Waals surface area contributed by atoms with Crippen LogP contribution in [-0.2, 0) is 19.1 Å². The van der Waals surface area contributed by atoms with Crippen LogP contribution in [0.15, 0.2) is 67.0 Å². The molecule has 2 aliphatic rings. The summed E-state index contributed by atoms with van der Waals surface area (Å²) >= 11 is 0. The molecule has 2 fully saturated rings. The van der Waals surface area contributed by atoms with Crippen LogP contribution in [0.1, 0.15) is 63.3 Å². The summed E-state index contributed by atoms with van der Waals surface area (Å²) in [6, 6.07) is 15.7. The Bertz CT molecular complexity index is 2230. The minimum absolute atomic E-state index is 0.184. The Morgan fingerprint density at radius 2 is 1.30 bits per heavy atom. The second-order valence-corrected chi connectivity index (χ2v) is 14.1. The molecule has 0 radical (unpaired) electrons. The van der Waals surface area contributed by atoms with Gasteiger partial charge in [-0.15, -0.1) is 0 Å². The zero-order valence-electron chi connectivity index (χ0n) is 31.6. The fourth-order valence-electron chi connectivity index (χ4n) is 7.51. The summed E-state index contributed by atoms with van der Waals surface area (Å²) in [5, 5.41) is 16.2. The molecule has 0 spiro atoms. The minimum atomic E-state index is -1.14. The standard InChI is InChI=1S/C40H45N9O7/c1-22(43-39(53)55-3)37(51)48-17-5-7-32(48)35-41-20-30(45-35)25-11-9-24(10-12-25)28-15-13-26-19-27(14-16-29(26)44-28)31-21-42-36(46-31)33-8-6-18-49(33)38(52)34(23(2)50)47-40(54)56-4/h9-16,19-23,32-34,50H,5-8,17-18H2,1-4H3,(H,41,45)(H,42,46)(H,43,53)(H,47,54)/t22-,23-,32+,33+,34+/m1/s1. The maximum atomic E-state index is 13.4. The first-order chi connectivity index (χ1) is 27.0. The van der Waals surface area contributed by atoms with Gasteiger partial charge in [0.05, 0.1) is 67.4 Å². The van der Waals surface area contributed by atoms with Crippen LogP contribution >= 0.6 is 0 Å². The van der Waals surface area contributed by atoms with Crippen LogP contribution < -0.4 is 10.6 Å². The zero-order chi connectivity index (χ0) is 39.5. The number of H-pyrrole nitrogens is 2. The smallest absolute Gasteiger partial charge is 0.407 e.